The smallest absolute Gasteiger partial charge is 0.350 e. The van der Waals surface area contributed by atoms with Crippen LogP contribution in [0.25, 0.3) is 0 Å². The Bertz CT molecular complexity index is 3490. The minimum absolute atomic E-state index is 0.0651. The number of ketones is 2. The average molecular weight is 1250 g/mol. The molecular weight excluding hydrogens is 1150 g/mol. The third-order valence-corrected chi connectivity index (χ3v) is 26.3. The summed E-state index contributed by atoms with van der Waals surface area (Å²) in [6.45, 7) is 5.51. The first-order valence-electron chi connectivity index (χ1n) is 36.1. The van der Waals surface area contributed by atoms with E-state index in [9.17, 15) is 15.3 Å². The van der Waals surface area contributed by atoms with Crippen LogP contribution >= 0.6 is 0 Å². The molecule has 13 aliphatic rings. The summed E-state index contributed by atoms with van der Waals surface area (Å²) in [5, 5.41) is 54.7. The monoisotopic (exact) mass is 1250 g/mol. The molecule has 1 unspecified atom stereocenters. The van der Waals surface area contributed by atoms with Crippen molar-refractivity contribution < 1.29 is 39.2 Å². The molecule has 1 saturated heterocycles. The van der Waals surface area contributed by atoms with Gasteiger partial charge in [0.15, 0.2) is 11.4 Å². The molecule has 4 saturated carbocycles. The Morgan fingerprint density at radius 2 is 1.68 bits per heavy atom. The highest BCUT2D eigenvalue weighted by Gasteiger charge is 2.86. The zero-order chi connectivity index (χ0) is 63.3. The number of aliphatic hydroxyl groups excluding tert-OH is 2. The maximum Gasteiger partial charge on any atom is 0.350 e. The number of nitrogens with one attached hydrogen (secondary N) is 5. The number of carbonyl (C=O) groups is 3. The molecule has 10 N–H and O–H groups in total. The van der Waals surface area contributed by atoms with E-state index in [4.69, 9.17) is 15.2 Å². The van der Waals surface area contributed by atoms with Crippen LogP contribution in [0.15, 0.2) is 124 Å². The topological polar surface area (TPSA) is 220 Å². The van der Waals surface area contributed by atoms with Gasteiger partial charge in [0.1, 0.15) is 17.7 Å². The van der Waals surface area contributed by atoms with Crippen molar-refractivity contribution in [3.8, 4) is 5.75 Å². The number of fused-ring (bicyclic) bond motifs is 3. The maximum atomic E-state index is 16.8. The van der Waals surface area contributed by atoms with Gasteiger partial charge in [-0.1, -0.05) is 125 Å². The number of dihydropyridines is 2. The molecule has 6 heterocycles. The van der Waals surface area contributed by atoms with Crippen molar-refractivity contribution in [3.63, 3.8) is 0 Å². The Kier molecular flexibility index (Phi) is 16.7. The van der Waals surface area contributed by atoms with Crippen LogP contribution in [0.5, 0.6) is 5.75 Å². The lowest BCUT2D eigenvalue weighted by molar-refractivity contribution is -0.180. The number of Topliss-reactive ketones (excluding diaryl/α,β-unsaturated/α-hetero) is 2. The third-order valence-electron chi connectivity index (χ3n) is 26.3. The van der Waals surface area contributed by atoms with Crippen molar-refractivity contribution in [2.75, 3.05) is 26.7 Å². The number of esters is 1. The van der Waals surface area contributed by atoms with Crippen molar-refractivity contribution in [2.24, 2.45) is 58.0 Å². The minimum atomic E-state index is -2.32. The molecule has 92 heavy (non-hydrogen) atoms. The third kappa shape index (κ3) is 10.8. The second-order valence-electron chi connectivity index (χ2n) is 31.8. The Morgan fingerprint density at radius 1 is 0.880 bits per heavy atom. The van der Waals surface area contributed by atoms with Gasteiger partial charge in [0.05, 0.1) is 25.0 Å². The van der Waals surface area contributed by atoms with E-state index < -0.39 is 58.1 Å². The number of phenolic OH excluding ortho intramolecular Hbond substituents is 1. The largest absolute Gasteiger partial charge is 0.508 e. The van der Waals surface area contributed by atoms with Gasteiger partial charge in [-0.05, 0) is 221 Å². The van der Waals surface area contributed by atoms with E-state index >= 15 is 14.4 Å². The molecule has 0 aromatic heterocycles. The molecule has 2 aromatic carbocycles. The highest BCUT2D eigenvalue weighted by molar-refractivity contribution is 6.33. The minimum Gasteiger partial charge on any atom is -0.508 e. The Balaban J connectivity index is 0.876. The fraction of sp³-hybridized carbons (Fsp3) is 0.628. The van der Waals surface area contributed by atoms with Crippen LogP contribution in [-0.2, 0) is 20.7 Å². The molecule has 15 atom stereocenters. The van der Waals surface area contributed by atoms with Crippen molar-refractivity contribution in [1.29, 1.82) is 0 Å². The Labute approximate surface area is 545 Å². The zero-order valence-corrected chi connectivity index (χ0v) is 54.9. The van der Waals surface area contributed by atoms with Crippen molar-refractivity contribution in [2.45, 2.75) is 228 Å². The fourth-order valence-corrected chi connectivity index (χ4v) is 21.5. The van der Waals surface area contributed by atoms with Crippen LogP contribution in [0.4, 0.5) is 0 Å². The quantitative estimate of drug-likeness (QED) is 0.0443. The number of rotatable bonds is 11. The SMILES string of the molecule is CN[C@@H]1NC2=C(CC13CCCCC3)C(CC/C(C)=C(\CO)C[C@@]13O[C@@]14C(=O)O[C@H]1[C@H]5C[C@@H](O)C[C@@H]6C[C@H](c7cccc(O)c7)C7=CC(=CNC7N)C[C@](C)(CCCC[C@@H]7CC=CC8=C[C@](NCC9CCCCC9)(C[C@@H]65)[C@H]1C[C@@H]87)Cc1cccc(c1C4=O)C3=O)=CCN2. The lowest BCUT2D eigenvalue weighted by Gasteiger charge is -2.60. The summed E-state index contributed by atoms with van der Waals surface area (Å²) in [4.78, 5) is 49.8. The fourth-order valence-electron chi connectivity index (χ4n) is 21.5. The van der Waals surface area contributed by atoms with E-state index in [1.54, 1.807) is 12.1 Å². The summed E-state index contributed by atoms with van der Waals surface area (Å²) < 4.78 is 14.6. The van der Waals surface area contributed by atoms with E-state index in [-0.39, 0.29) is 77.0 Å². The molecule has 14 nitrogen and oxygen atoms in total. The summed E-state index contributed by atoms with van der Waals surface area (Å²) in [7, 11) is 2.06. The molecule has 0 amide bonds. The first-order valence-corrected chi connectivity index (χ1v) is 36.1. The normalized spacial score (nSPS) is 38.2. The number of aromatic hydroxyl groups is 1. The van der Waals surface area contributed by atoms with E-state index in [2.05, 4.69) is 83.2 Å². The zero-order valence-electron chi connectivity index (χ0n) is 54.9. The summed E-state index contributed by atoms with van der Waals surface area (Å²) in [5.74, 6) is -0.305. The molecule has 11 bridgehead atoms. The van der Waals surface area contributed by atoms with Gasteiger partial charge in [-0.25, -0.2) is 4.79 Å². The molecule has 15 rings (SSSR count). The lowest BCUT2D eigenvalue weighted by atomic mass is 9.50. The number of benzene rings is 2. The number of aliphatic hydroxyl groups is 2. The number of hydrogen-bond acceptors (Lipinski definition) is 14. The van der Waals surface area contributed by atoms with Gasteiger partial charge >= 0.3 is 5.97 Å². The van der Waals surface area contributed by atoms with Crippen LogP contribution in [0.2, 0.25) is 0 Å². The molecule has 14 heteroatoms. The van der Waals surface area contributed by atoms with Gasteiger partial charge in [0, 0.05) is 59.0 Å². The van der Waals surface area contributed by atoms with E-state index in [1.165, 1.54) is 55.2 Å². The summed E-state index contributed by atoms with van der Waals surface area (Å²) in [6, 6.07) is 13.3. The van der Waals surface area contributed by atoms with E-state index in [0.29, 0.717) is 68.0 Å². The summed E-state index contributed by atoms with van der Waals surface area (Å²) >= 11 is 0. The maximum absolute atomic E-state index is 16.8. The average Bonchev–Trinajstić information content (AvgIpc) is 1.48. The van der Waals surface area contributed by atoms with E-state index in [1.807, 2.05) is 31.2 Å². The van der Waals surface area contributed by atoms with Crippen LogP contribution in [-0.4, -0.2) is 101 Å². The van der Waals surface area contributed by atoms with Gasteiger partial charge < -0.3 is 57.1 Å². The standard InChI is InChI=1S/C78H102N6O8/c1-46(24-25-50-26-30-81-71-64(50)41-75(72(80-3)84-71)28-9-5-10-29-75)55(45-85)40-77-68(88)58-23-14-21-53-38-74(2)27-11-8-17-49-18-12-20-52-39-76(83-44-47-15-6-4-7-16-47)42-63-54(34-60(51-19-13-22-56(86)32-51)62-31-48(37-74)43-82-70(62)79)33-57(87)35-61(63)67(65(76)36-59(49)52)91-73(90)78(77,92-77)69(89)66(53)58/h12-14,19-23,26,31-32,39,43,47,49,54,57,59-61,63,65,67,70,72,80-87H,4-11,15-18,24-25,27-30,33-38,40-42,44-45,79H2,1-3H3/b55-46-/t49-,54-,57+,59-,60-,61+,63+,65+,67+,70?,72-,74+,76+,77+,78+/m1/s1. The van der Waals surface area contributed by atoms with Gasteiger partial charge in [0.25, 0.3) is 5.60 Å². The molecule has 5 fully saturated rings. The molecule has 7 aliphatic carbocycles. The number of allylic oxidation sites excluding steroid dienone is 8. The number of ether oxygens (including phenoxy) is 2. The Morgan fingerprint density at radius 3 is 2.50 bits per heavy atom. The predicted molar refractivity (Wildman–Crippen MR) is 357 cm³/mol. The first kappa shape index (κ1) is 62.5. The molecule has 0 radical (unpaired) electrons. The first-order chi connectivity index (χ1) is 44.6. The van der Waals surface area contributed by atoms with Crippen LogP contribution in [0, 0.1) is 52.3 Å². The van der Waals surface area contributed by atoms with Gasteiger partial charge in [-0.2, -0.15) is 0 Å². The molecule has 2 spiro atoms. The van der Waals surface area contributed by atoms with Crippen molar-refractivity contribution in [3.05, 3.63) is 146 Å². The predicted octanol–water partition coefficient (Wildman–Crippen LogP) is 11.8. The second kappa shape index (κ2) is 24.5. The second-order valence-corrected chi connectivity index (χ2v) is 31.8. The number of carbonyl (C=O) groups excluding carboxylic acids is 3. The summed E-state index contributed by atoms with van der Waals surface area (Å²) in [5.41, 5.74) is 11.8. The number of phenols is 1. The van der Waals surface area contributed by atoms with Gasteiger partial charge in [0.2, 0.25) is 5.78 Å². The van der Waals surface area contributed by atoms with E-state index in [0.717, 1.165) is 118 Å². The van der Waals surface area contributed by atoms with Gasteiger partial charge in [-0.15, -0.1) is 0 Å². The van der Waals surface area contributed by atoms with Gasteiger partial charge in [-0.3, -0.25) is 9.59 Å². The highest BCUT2D eigenvalue weighted by Crippen LogP contribution is 2.64. The Hall–Kier alpha value is -5.61. The molecule has 2 aromatic rings. The number of nitrogens with two attached hydrogens (primary N) is 1. The highest BCUT2D eigenvalue weighted by atomic mass is 16.7. The van der Waals surface area contributed by atoms with Crippen molar-refractivity contribution >= 4 is 17.5 Å². The van der Waals surface area contributed by atoms with Crippen LogP contribution in [0.3, 0.4) is 0 Å². The summed E-state index contributed by atoms with van der Waals surface area (Å²) in [6.07, 6.45) is 35.5. The molecular formula is C78H102N6O8. The van der Waals surface area contributed by atoms with Crippen LogP contribution in [0.1, 0.15) is 212 Å². The van der Waals surface area contributed by atoms with Crippen LogP contribution < -0.4 is 32.3 Å². The molecule has 6 aliphatic heterocycles. The lowest BCUT2D eigenvalue weighted by Crippen LogP contribution is -2.67. The van der Waals surface area contributed by atoms with Crippen molar-refractivity contribution in [1.82, 2.24) is 26.6 Å². The molecule has 492 valence electrons. The number of epoxide rings is 1. The number of hydrogen-bond donors (Lipinski definition) is 9.